The fourth-order valence-corrected chi connectivity index (χ4v) is 2.56. The molecule has 0 amide bonds. The van der Waals surface area contributed by atoms with Crippen molar-refractivity contribution < 1.29 is 0 Å². The first-order valence-electron chi connectivity index (χ1n) is 7.57. The average molecular weight is 288 g/mol. The van der Waals surface area contributed by atoms with Crippen molar-refractivity contribution >= 4 is 0 Å². The predicted molar refractivity (Wildman–Crippen MR) is 91.4 cm³/mol. The van der Waals surface area contributed by atoms with E-state index in [1.54, 1.807) is 0 Å². The molecule has 0 aliphatic heterocycles. The van der Waals surface area contributed by atoms with E-state index in [1.807, 2.05) is 24.5 Å². The van der Waals surface area contributed by atoms with Crippen molar-refractivity contribution in [2.45, 2.75) is 20.0 Å². The molecule has 0 saturated heterocycles. The van der Waals surface area contributed by atoms with Gasteiger partial charge in [0.1, 0.15) is 0 Å². The van der Waals surface area contributed by atoms with Crippen molar-refractivity contribution in [1.29, 1.82) is 0 Å². The molecular weight excluding hydrogens is 268 g/mol. The van der Waals surface area contributed by atoms with Crippen molar-refractivity contribution in [3.8, 4) is 11.1 Å². The van der Waals surface area contributed by atoms with Gasteiger partial charge in [-0.2, -0.15) is 0 Å². The quantitative estimate of drug-likeness (QED) is 0.755. The Morgan fingerprint density at radius 2 is 1.55 bits per heavy atom. The van der Waals surface area contributed by atoms with E-state index < -0.39 is 0 Å². The summed E-state index contributed by atoms with van der Waals surface area (Å²) in [6.45, 7) is 3.88. The van der Waals surface area contributed by atoms with Crippen molar-refractivity contribution in [1.82, 2.24) is 10.3 Å². The molecule has 0 fully saturated rings. The number of hydrogen-bond acceptors (Lipinski definition) is 2. The van der Waals surface area contributed by atoms with Crippen LogP contribution in [0.15, 0.2) is 73.1 Å². The SMILES string of the molecule is Cc1ccc(CNCc2ccncc2)cc1-c1ccccc1. The second kappa shape index (κ2) is 7.01. The van der Waals surface area contributed by atoms with Crippen molar-refractivity contribution in [3.05, 3.63) is 89.7 Å². The van der Waals surface area contributed by atoms with E-state index >= 15 is 0 Å². The van der Waals surface area contributed by atoms with Crippen LogP contribution in [0.5, 0.6) is 0 Å². The van der Waals surface area contributed by atoms with Gasteiger partial charge in [-0.05, 0) is 52.9 Å². The van der Waals surface area contributed by atoms with E-state index in [4.69, 9.17) is 0 Å². The zero-order valence-electron chi connectivity index (χ0n) is 12.8. The van der Waals surface area contributed by atoms with E-state index in [2.05, 4.69) is 65.8 Å². The molecule has 0 bridgehead atoms. The summed E-state index contributed by atoms with van der Waals surface area (Å²) in [5.41, 5.74) is 6.45. The Bertz CT molecular complexity index is 721. The first-order chi connectivity index (χ1) is 10.8. The number of pyridine rings is 1. The molecule has 0 spiro atoms. The fraction of sp³-hybridized carbons (Fsp3) is 0.150. The molecule has 0 aliphatic carbocycles. The number of nitrogens with zero attached hydrogens (tertiary/aromatic N) is 1. The first-order valence-corrected chi connectivity index (χ1v) is 7.57. The van der Waals surface area contributed by atoms with E-state index in [0.717, 1.165) is 13.1 Å². The Balaban J connectivity index is 1.70. The first kappa shape index (κ1) is 14.5. The van der Waals surface area contributed by atoms with Crippen molar-refractivity contribution in [2.24, 2.45) is 0 Å². The third-order valence-electron chi connectivity index (χ3n) is 3.79. The van der Waals surface area contributed by atoms with E-state index in [0.29, 0.717) is 0 Å². The second-order valence-corrected chi connectivity index (χ2v) is 5.47. The summed E-state index contributed by atoms with van der Waals surface area (Å²) in [6, 6.07) is 21.3. The number of nitrogens with one attached hydrogen (secondary N) is 1. The highest BCUT2D eigenvalue weighted by Gasteiger charge is 2.03. The molecule has 2 heteroatoms. The highest BCUT2D eigenvalue weighted by molar-refractivity contribution is 5.67. The Morgan fingerprint density at radius 1 is 0.818 bits per heavy atom. The molecule has 3 rings (SSSR count). The minimum absolute atomic E-state index is 0.858. The van der Waals surface area contributed by atoms with Gasteiger partial charge in [-0.3, -0.25) is 4.98 Å². The molecule has 3 aromatic rings. The molecule has 0 aliphatic rings. The monoisotopic (exact) mass is 288 g/mol. The van der Waals surface area contributed by atoms with Gasteiger partial charge in [0, 0.05) is 25.5 Å². The molecular formula is C20H20N2. The largest absolute Gasteiger partial charge is 0.309 e. The maximum absolute atomic E-state index is 4.04. The molecule has 22 heavy (non-hydrogen) atoms. The minimum Gasteiger partial charge on any atom is -0.309 e. The van der Waals surface area contributed by atoms with Gasteiger partial charge < -0.3 is 5.32 Å². The Hall–Kier alpha value is -2.45. The summed E-state index contributed by atoms with van der Waals surface area (Å²) in [7, 11) is 0. The number of aryl methyl sites for hydroxylation is 1. The van der Waals surface area contributed by atoms with Gasteiger partial charge in [0.2, 0.25) is 0 Å². The number of hydrogen-bond donors (Lipinski definition) is 1. The Morgan fingerprint density at radius 3 is 2.32 bits per heavy atom. The summed E-state index contributed by atoms with van der Waals surface area (Å²) in [5.74, 6) is 0. The Kier molecular flexibility index (Phi) is 4.62. The minimum atomic E-state index is 0.858. The summed E-state index contributed by atoms with van der Waals surface area (Å²) in [4.78, 5) is 4.04. The summed E-state index contributed by atoms with van der Waals surface area (Å²) >= 11 is 0. The lowest BCUT2D eigenvalue weighted by Crippen LogP contribution is -2.12. The third kappa shape index (κ3) is 3.60. The molecule has 0 unspecified atom stereocenters. The highest BCUT2D eigenvalue weighted by Crippen LogP contribution is 2.24. The van der Waals surface area contributed by atoms with Gasteiger partial charge in [0.15, 0.2) is 0 Å². The summed E-state index contributed by atoms with van der Waals surface area (Å²) in [6.07, 6.45) is 3.66. The van der Waals surface area contributed by atoms with Crippen LogP contribution in [0.3, 0.4) is 0 Å². The molecule has 1 heterocycles. The van der Waals surface area contributed by atoms with Crippen LogP contribution in [0.1, 0.15) is 16.7 Å². The molecule has 0 atom stereocenters. The van der Waals surface area contributed by atoms with Gasteiger partial charge >= 0.3 is 0 Å². The number of benzene rings is 2. The summed E-state index contributed by atoms with van der Waals surface area (Å²) < 4.78 is 0. The number of rotatable bonds is 5. The fourth-order valence-electron chi connectivity index (χ4n) is 2.56. The van der Waals surface area contributed by atoms with Crippen LogP contribution < -0.4 is 5.32 Å². The molecule has 2 aromatic carbocycles. The molecule has 2 nitrogen and oxygen atoms in total. The maximum Gasteiger partial charge on any atom is 0.0271 e. The zero-order valence-corrected chi connectivity index (χ0v) is 12.8. The number of aromatic nitrogens is 1. The van der Waals surface area contributed by atoms with E-state index in [-0.39, 0.29) is 0 Å². The molecule has 110 valence electrons. The molecule has 1 N–H and O–H groups in total. The van der Waals surface area contributed by atoms with Crippen molar-refractivity contribution in [2.75, 3.05) is 0 Å². The van der Waals surface area contributed by atoms with Gasteiger partial charge in [-0.1, -0.05) is 42.5 Å². The lowest BCUT2D eigenvalue weighted by molar-refractivity contribution is 0.693. The lowest BCUT2D eigenvalue weighted by Gasteiger charge is -2.10. The topological polar surface area (TPSA) is 24.9 Å². The van der Waals surface area contributed by atoms with Gasteiger partial charge in [-0.25, -0.2) is 0 Å². The lowest BCUT2D eigenvalue weighted by atomic mass is 9.98. The van der Waals surface area contributed by atoms with E-state index in [1.165, 1.54) is 27.8 Å². The molecule has 0 radical (unpaired) electrons. The summed E-state index contributed by atoms with van der Waals surface area (Å²) in [5, 5.41) is 3.49. The maximum atomic E-state index is 4.04. The standard InChI is InChI=1S/C20H20N2/c1-16-7-8-18(13-20(16)19-5-3-2-4-6-19)15-22-14-17-9-11-21-12-10-17/h2-13,22H,14-15H2,1H3. The van der Waals surface area contributed by atoms with Crippen LogP contribution in [-0.4, -0.2) is 4.98 Å². The van der Waals surface area contributed by atoms with Gasteiger partial charge in [-0.15, -0.1) is 0 Å². The zero-order chi connectivity index (χ0) is 15.2. The van der Waals surface area contributed by atoms with Crippen LogP contribution in [0.2, 0.25) is 0 Å². The van der Waals surface area contributed by atoms with Crippen LogP contribution in [0.25, 0.3) is 11.1 Å². The molecule has 0 saturated carbocycles. The Labute approximate surface area is 131 Å². The normalized spacial score (nSPS) is 10.6. The smallest absolute Gasteiger partial charge is 0.0271 e. The van der Waals surface area contributed by atoms with Crippen LogP contribution in [0.4, 0.5) is 0 Å². The van der Waals surface area contributed by atoms with Gasteiger partial charge in [0.05, 0.1) is 0 Å². The molecule has 1 aromatic heterocycles. The predicted octanol–water partition coefficient (Wildman–Crippen LogP) is 4.35. The second-order valence-electron chi connectivity index (χ2n) is 5.47. The average Bonchev–Trinajstić information content (AvgIpc) is 2.58. The van der Waals surface area contributed by atoms with Crippen LogP contribution in [-0.2, 0) is 13.1 Å². The van der Waals surface area contributed by atoms with Gasteiger partial charge in [0.25, 0.3) is 0 Å². The van der Waals surface area contributed by atoms with E-state index in [9.17, 15) is 0 Å². The van der Waals surface area contributed by atoms with Crippen LogP contribution in [0, 0.1) is 6.92 Å². The highest BCUT2D eigenvalue weighted by atomic mass is 14.8. The van der Waals surface area contributed by atoms with Crippen LogP contribution >= 0.6 is 0 Å². The third-order valence-corrected chi connectivity index (χ3v) is 3.79. The van der Waals surface area contributed by atoms with Crippen molar-refractivity contribution in [3.63, 3.8) is 0 Å².